The molecule has 2 aliphatic rings. The molecule has 0 spiro atoms. The maximum Gasteiger partial charge on any atom is 0.219 e. The number of benzene rings is 1. The largest absolute Gasteiger partial charge is 0.508 e. The zero-order valence-electron chi connectivity index (χ0n) is 14.2. The van der Waals surface area contributed by atoms with E-state index in [1.54, 1.807) is 29.5 Å². The number of hydrogen-bond acceptors (Lipinski definition) is 8. The molecular formula is C19H16N4O3S. The third-order valence-corrected chi connectivity index (χ3v) is 6.02. The number of phenols is 1. The van der Waals surface area contributed by atoms with Crippen LogP contribution in [-0.4, -0.2) is 21.2 Å². The molecule has 27 heavy (non-hydrogen) atoms. The molecule has 0 unspecified atom stereocenters. The number of anilines is 2. The Morgan fingerprint density at radius 2 is 2.04 bits per heavy atom. The van der Waals surface area contributed by atoms with Crippen LogP contribution in [0.25, 0.3) is 0 Å². The van der Waals surface area contributed by atoms with Crippen molar-refractivity contribution in [2.24, 2.45) is 0 Å². The van der Waals surface area contributed by atoms with Gasteiger partial charge in [-0.05, 0) is 45.9 Å². The highest BCUT2D eigenvalue weighted by Crippen LogP contribution is 2.44. The van der Waals surface area contributed by atoms with Crippen molar-refractivity contribution in [3.8, 4) is 5.75 Å². The van der Waals surface area contributed by atoms with E-state index in [1.807, 2.05) is 17.5 Å². The number of thiophene rings is 1. The Morgan fingerprint density at radius 3 is 2.85 bits per heavy atom. The Bertz CT molecular complexity index is 1040. The number of nitrogens with zero attached hydrogens (tertiary/aromatic N) is 2. The second-order valence-electron chi connectivity index (χ2n) is 6.69. The summed E-state index contributed by atoms with van der Waals surface area (Å²) in [5, 5.41) is 26.3. The predicted octanol–water partition coefficient (Wildman–Crippen LogP) is 3.82. The number of allylic oxidation sites excluding steroid dienone is 1. The van der Waals surface area contributed by atoms with Crippen LogP contribution < -0.4 is 10.6 Å². The van der Waals surface area contributed by atoms with E-state index in [-0.39, 0.29) is 17.5 Å². The number of rotatable bonds is 2. The normalized spacial score (nSPS) is 21.7. The van der Waals surface area contributed by atoms with Crippen molar-refractivity contribution in [2.45, 2.75) is 24.8 Å². The summed E-state index contributed by atoms with van der Waals surface area (Å²) >= 11 is 1.66. The van der Waals surface area contributed by atoms with Gasteiger partial charge in [0.05, 0.1) is 6.04 Å². The highest BCUT2D eigenvalue weighted by atomic mass is 32.1. The van der Waals surface area contributed by atoms with Crippen LogP contribution in [0, 0.1) is 0 Å². The van der Waals surface area contributed by atoms with Crippen molar-refractivity contribution in [1.82, 2.24) is 10.3 Å². The maximum atomic E-state index is 13.2. The first-order chi connectivity index (χ1) is 13.2. The highest BCUT2D eigenvalue weighted by Gasteiger charge is 2.37. The summed E-state index contributed by atoms with van der Waals surface area (Å²) in [4.78, 5) is 14.4. The average Bonchev–Trinajstić information content (AvgIpc) is 3.30. The monoisotopic (exact) mass is 380 g/mol. The Kier molecular flexibility index (Phi) is 3.71. The second kappa shape index (κ2) is 6.24. The van der Waals surface area contributed by atoms with Gasteiger partial charge in [-0.3, -0.25) is 4.79 Å². The molecule has 2 aromatic heterocycles. The number of fused-ring (bicyclic) bond motifs is 1. The third-order valence-electron chi connectivity index (χ3n) is 4.98. The van der Waals surface area contributed by atoms with Crippen molar-refractivity contribution in [3.05, 3.63) is 63.5 Å². The lowest BCUT2D eigenvalue weighted by molar-refractivity contribution is -0.116. The van der Waals surface area contributed by atoms with Crippen LogP contribution >= 0.6 is 11.3 Å². The zero-order chi connectivity index (χ0) is 18.4. The van der Waals surface area contributed by atoms with Crippen molar-refractivity contribution in [3.63, 3.8) is 0 Å². The number of phenolic OH excluding ortho intramolecular Hbond substituents is 1. The summed E-state index contributed by atoms with van der Waals surface area (Å²) < 4.78 is 4.86. The van der Waals surface area contributed by atoms with Crippen LogP contribution in [0.3, 0.4) is 0 Å². The number of aromatic hydroxyl groups is 1. The second-order valence-corrected chi connectivity index (χ2v) is 7.67. The molecular weight excluding hydrogens is 364 g/mol. The molecule has 136 valence electrons. The number of carbonyl (C=O) groups is 1. The molecule has 2 atom stereocenters. The van der Waals surface area contributed by atoms with Gasteiger partial charge in [-0.1, -0.05) is 18.2 Å². The van der Waals surface area contributed by atoms with E-state index in [4.69, 9.17) is 4.63 Å². The van der Waals surface area contributed by atoms with Gasteiger partial charge in [-0.2, -0.15) is 0 Å². The van der Waals surface area contributed by atoms with Gasteiger partial charge in [0.2, 0.25) is 11.6 Å². The summed E-state index contributed by atoms with van der Waals surface area (Å²) in [5.74, 6) is 1.26. The van der Waals surface area contributed by atoms with E-state index in [0.29, 0.717) is 30.1 Å². The Balaban J connectivity index is 1.62. The van der Waals surface area contributed by atoms with Crippen LogP contribution in [0.15, 0.2) is 57.7 Å². The van der Waals surface area contributed by atoms with Crippen LogP contribution in [-0.2, 0) is 4.79 Å². The number of Topliss-reactive ketones (excluding diaryl/α,β-unsaturated/α-hetero) is 1. The molecule has 1 aliphatic heterocycles. The number of hydrogen-bond donors (Lipinski definition) is 3. The topological polar surface area (TPSA) is 100 Å². The number of ketones is 1. The van der Waals surface area contributed by atoms with Crippen LogP contribution in [0.4, 0.5) is 11.6 Å². The average molecular weight is 380 g/mol. The third kappa shape index (κ3) is 2.78. The quantitative estimate of drug-likeness (QED) is 0.621. The number of nitrogens with one attached hydrogen (secondary N) is 2. The molecule has 0 saturated carbocycles. The lowest BCUT2D eigenvalue weighted by atomic mass is 9.81. The van der Waals surface area contributed by atoms with Crippen molar-refractivity contribution in [1.29, 1.82) is 0 Å². The van der Waals surface area contributed by atoms with E-state index in [2.05, 4.69) is 27.0 Å². The van der Waals surface area contributed by atoms with Crippen molar-refractivity contribution < 1.29 is 14.5 Å². The molecule has 1 aromatic carbocycles. The molecule has 0 amide bonds. The molecule has 3 N–H and O–H groups in total. The molecule has 0 bridgehead atoms. The highest BCUT2D eigenvalue weighted by molar-refractivity contribution is 7.10. The minimum atomic E-state index is -0.440. The SMILES string of the molecule is O=C1C[C@@H](c2cccs2)CC2=C1[C@H](c1cccc(O)c1)Nc1nonc1N2. The van der Waals surface area contributed by atoms with Gasteiger partial charge in [0.15, 0.2) is 5.78 Å². The molecule has 5 rings (SSSR count). The lowest BCUT2D eigenvalue weighted by Gasteiger charge is -2.29. The Morgan fingerprint density at radius 1 is 1.15 bits per heavy atom. The molecule has 0 radical (unpaired) electrons. The first kappa shape index (κ1) is 16.1. The van der Waals surface area contributed by atoms with E-state index in [1.165, 1.54) is 4.88 Å². The van der Waals surface area contributed by atoms with E-state index in [0.717, 1.165) is 11.3 Å². The first-order valence-electron chi connectivity index (χ1n) is 8.63. The van der Waals surface area contributed by atoms with Gasteiger partial charge >= 0.3 is 0 Å². The van der Waals surface area contributed by atoms with Crippen LogP contribution in [0.5, 0.6) is 5.75 Å². The van der Waals surface area contributed by atoms with Gasteiger partial charge in [0.25, 0.3) is 0 Å². The summed E-state index contributed by atoms with van der Waals surface area (Å²) in [6.45, 7) is 0. The molecule has 1 aliphatic carbocycles. The summed E-state index contributed by atoms with van der Waals surface area (Å²) in [5.41, 5.74) is 2.26. The fraction of sp³-hybridized carbons (Fsp3) is 0.211. The number of carbonyl (C=O) groups excluding carboxylic acids is 1. The number of aromatic nitrogens is 2. The van der Waals surface area contributed by atoms with Crippen molar-refractivity contribution in [2.75, 3.05) is 10.6 Å². The van der Waals surface area contributed by atoms with Gasteiger partial charge in [0.1, 0.15) is 5.75 Å². The first-order valence-corrected chi connectivity index (χ1v) is 9.51. The molecule has 0 saturated heterocycles. The Labute approximate surface area is 158 Å². The minimum absolute atomic E-state index is 0.0742. The van der Waals surface area contributed by atoms with E-state index >= 15 is 0 Å². The van der Waals surface area contributed by atoms with Crippen LogP contribution in [0.2, 0.25) is 0 Å². The van der Waals surface area contributed by atoms with Crippen molar-refractivity contribution >= 4 is 28.8 Å². The zero-order valence-corrected chi connectivity index (χ0v) is 15.0. The van der Waals surface area contributed by atoms with E-state index in [9.17, 15) is 9.90 Å². The molecule has 3 aromatic rings. The standard InChI is InChI=1S/C19H16N4O3S/c24-12-4-1-3-10(7-12)17-16-13(20-18-19(21-17)23-26-22-18)8-11(9-14(16)25)15-5-2-6-27-15/h1-7,11,17,24H,8-9H2,(H,20,22)(H,21,23)/t11-,17-/m0/s1. The smallest absolute Gasteiger partial charge is 0.219 e. The fourth-order valence-electron chi connectivity index (χ4n) is 3.78. The molecule has 7 nitrogen and oxygen atoms in total. The summed E-state index contributed by atoms with van der Waals surface area (Å²) in [6.07, 6.45) is 1.15. The fourth-order valence-corrected chi connectivity index (χ4v) is 4.61. The molecule has 8 heteroatoms. The maximum absolute atomic E-state index is 13.2. The summed E-state index contributed by atoms with van der Waals surface area (Å²) in [7, 11) is 0. The van der Waals surface area contributed by atoms with Crippen LogP contribution in [0.1, 0.15) is 35.2 Å². The van der Waals surface area contributed by atoms with Gasteiger partial charge in [0, 0.05) is 28.5 Å². The van der Waals surface area contributed by atoms with Gasteiger partial charge in [-0.15, -0.1) is 11.3 Å². The predicted molar refractivity (Wildman–Crippen MR) is 101 cm³/mol. The molecule has 3 heterocycles. The minimum Gasteiger partial charge on any atom is -0.508 e. The van der Waals surface area contributed by atoms with Gasteiger partial charge in [-0.25, -0.2) is 4.63 Å². The van der Waals surface area contributed by atoms with E-state index < -0.39 is 6.04 Å². The summed E-state index contributed by atoms with van der Waals surface area (Å²) in [6, 6.07) is 10.5. The lowest BCUT2D eigenvalue weighted by Crippen LogP contribution is -2.26. The van der Waals surface area contributed by atoms with Gasteiger partial charge < -0.3 is 15.7 Å². The Hall–Kier alpha value is -3.13. The molecule has 0 fully saturated rings.